The number of nitrogens with zero attached hydrogens (tertiary/aromatic N) is 2. The van der Waals surface area contributed by atoms with Gasteiger partial charge >= 0.3 is 0 Å². The summed E-state index contributed by atoms with van der Waals surface area (Å²) in [4.78, 5) is 4.39. The Labute approximate surface area is 125 Å². The van der Waals surface area contributed by atoms with E-state index in [9.17, 15) is 0 Å². The van der Waals surface area contributed by atoms with Gasteiger partial charge in [0, 0.05) is 5.56 Å². The van der Waals surface area contributed by atoms with Crippen molar-refractivity contribution in [1.29, 1.82) is 0 Å². The molecule has 2 aromatic rings. The van der Waals surface area contributed by atoms with Crippen LogP contribution in [0.1, 0.15) is 56.9 Å². The molecule has 0 aliphatic heterocycles. The van der Waals surface area contributed by atoms with Crippen molar-refractivity contribution < 1.29 is 4.52 Å². The molecule has 1 aromatic carbocycles. The molecule has 1 fully saturated rings. The zero-order chi connectivity index (χ0) is 14.9. The molecule has 0 bridgehead atoms. The van der Waals surface area contributed by atoms with Gasteiger partial charge < -0.3 is 10.3 Å². The maximum Gasteiger partial charge on any atom is 0.240 e. The van der Waals surface area contributed by atoms with E-state index in [-0.39, 0.29) is 6.54 Å². The minimum atomic E-state index is 0.283. The normalized spacial score (nSPS) is 21.4. The Morgan fingerprint density at radius 1 is 1.33 bits per heavy atom. The Balaban J connectivity index is 1.96. The average Bonchev–Trinajstić information content (AvgIpc) is 2.95. The van der Waals surface area contributed by atoms with Gasteiger partial charge in [0.1, 0.15) is 0 Å². The molecule has 4 heteroatoms. The van der Waals surface area contributed by atoms with Crippen LogP contribution < -0.4 is 5.73 Å². The lowest BCUT2D eigenvalue weighted by Crippen LogP contribution is -2.21. The fourth-order valence-electron chi connectivity index (χ4n) is 3.47. The van der Waals surface area contributed by atoms with E-state index in [0.717, 1.165) is 5.56 Å². The molecule has 0 spiro atoms. The number of aromatic nitrogens is 2. The first-order chi connectivity index (χ1) is 10.1. The smallest absolute Gasteiger partial charge is 0.240 e. The molecule has 4 nitrogen and oxygen atoms in total. The topological polar surface area (TPSA) is 64.9 Å². The summed E-state index contributed by atoms with van der Waals surface area (Å²) in [6.07, 6.45) is 5.05. The minimum Gasteiger partial charge on any atom is -0.338 e. The van der Waals surface area contributed by atoms with Gasteiger partial charge in [0.2, 0.25) is 11.7 Å². The summed E-state index contributed by atoms with van der Waals surface area (Å²) in [5, 5.41) is 4.08. The first-order valence-electron chi connectivity index (χ1n) is 7.71. The summed E-state index contributed by atoms with van der Waals surface area (Å²) in [7, 11) is 0. The average molecular weight is 285 g/mol. The van der Waals surface area contributed by atoms with Crippen LogP contribution in [0.25, 0.3) is 11.4 Å². The molecule has 0 amide bonds. The molecule has 0 radical (unpaired) electrons. The van der Waals surface area contributed by atoms with E-state index < -0.39 is 0 Å². The molecule has 1 unspecified atom stereocenters. The van der Waals surface area contributed by atoms with Crippen LogP contribution in [0.3, 0.4) is 0 Å². The fraction of sp³-hybridized carbons (Fsp3) is 0.529. The second kappa shape index (κ2) is 5.60. The number of hydrogen-bond acceptors (Lipinski definition) is 4. The molecule has 21 heavy (non-hydrogen) atoms. The van der Waals surface area contributed by atoms with Gasteiger partial charge in [-0.1, -0.05) is 49.7 Å². The highest BCUT2D eigenvalue weighted by molar-refractivity contribution is 5.60. The van der Waals surface area contributed by atoms with Gasteiger partial charge in [-0.25, -0.2) is 0 Å². The predicted octanol–water partition coefficient (Wildman–Crippen LogP) is 3.88. The molecule has 1 heterocycles. The van der Waals surface area contributed by atoms with Crippen LogP contribution in [-0.4, -0.2) is 10.1 Å². The van der Waals surface area contributed by atoms with E-state index in [1.807, 2.05) is 6.07 Å². The lowest BCUT2D eigenvalue weighted by Gasteiger charge is -2.36. The first kappa shape index (κ1) is 14.3. The van der Waals surface area contributed by atoms with Crippen molar-refractivity contribution >= 4 is 0 Å². The maximum absolute atomic E-state index is 5.56. The molecule has 1 atom stereocenters. The van der Waals surface area contributed by atoms with Crippen LogP contribution in [0.15, 0.2) is 28.8 Å². The monoisotopic (exact) mass is 285 g/mol. The van der Waals surface area contributed by atoms with Crippen LogP contribution in [-0.2, 0) is 6.54 Å². The predicted molar refractivity (Wildman–Crippen MR) is 82.6 cm³/mol. The van der Waals surface area contributed by atoms with Crippen molar-refractivity contribution in [1.82, 2.24) is 10.1 Å². The SMILES string of the molecule is CC1(C)CCCC(c2ccccc2-c2noc(CN)n2)C1. The Morgan fingerprint density at radius 3 is 2.86 bits per heavy atom. The molecule has 3 rings (SSSR count). The minimum absolute atomic E-state index is 0.283. The third-order valence-corrected chi connectivity index (χ3v) is 4.49. The van der Waals surface area contributed by atoms with Crippen molar-refractivity contribution in [2.24, 2.45) is 11.1 Å². The van der Waals surface area contributed by atoms with Crippen LogP contribution in [0.5, 0.6) is 0 Å². The van der Waals surface area contributed by atoms with Crippen molar-refractivity contribution in [3.8, 4) is 11.4 Å². The molecule has 2 N–H and O–H groups in total. The van der Waals surface area contributed by atoms with Crippen molar-refractivity contribution in [3.05, 3.63) is 35.7 Å². The van der Waals surface area contributed by atoms with Crippen LogP contribution in [0, 0.1) is 5.41 Å². The summed E-state index contributed by atoms with van der Waals surface area (Å²) >= 11 is 0. The van der Waals surface area contributed by atoms with Gasteiger partial charge in [-0.15, -0.1) is 0 Å². The Bertz CT molecular complexity index is 618. The number of benzene rings is 1. The van der Waals surface area contributed by atoms with E-state index in [1.54, 1.807) is 0 Å². The largest absolute Gasteiger partial charge is 0.338 e. The highest BCUT2D eigenvalue weighted by atomic mass is 16.5. The molecular weight excluding hydrogens is 262 g/mol. The third kappa shape index (κ3) is 3.00. The van der Waals surface area contributed by atoms with Gasteiger partial charge in [-0.05, 0) is 36.2 Å². The highest BCUT2D eigenvalue weighted by Crippen LogP contribution is 2.45. The Hall–Kier alpha value is -1.68. The highest BCUT2D eigenvalue weighted by Gasteiger charge is 2.30. The van der Waals surface area contributed by atoms with Crippen LogP contribution in [0.4, 0.5) is 0 Å². The van der Waals surface area contributed by atoms with E-state index in [4.69, 9.17) is 10.3 Å². The lowest BCUT2D eigenvalue weighted by molar-refractivity contribution is 0.219. The molecule has 1 saturated carbocycles. The number of rotatable bonds is 3. The van der Waals surface area contributed by atoms with Crippen LogP contribution >= 0.6 is 0 Å². The van der Waals surface area contributed by atoms with E-state index in [2.05, 4.69) is 42.2 Å². The second-order valence-electron chi connectivity index (χ2n) is 6.76. The van der Waals surface area contributed by atoms with Crippen molar-refractivity contribution in [2.45, 2.75) is 52.0 Å². The zero-order valence-electron chi connectivity index (χ0n) is 12.8. The van der Waals surface area contributed by atoms with E-state index in [1.165, 1.54) is 31.2 Å². The molecule has 1 aliphatic carbocycles. The van der Waals surface area contributed by atoms with E-state index in [0.29, 0.717) is 23.0 Å². The maximum atomic E-state index is 5.56. The summed E-state index contributed by atoms with van der Waals surface area (Å²) in [5.74, 6) is 1.72. The van der Waals surface area contributed by atoms with Crippen molar-refractivity contribution in [3.63, 3.8) is 0 Å². The number of nitrogens with two attached hydrogens (primary N) is 1. The number of hydrogen-bond donors (Lipinski definition) is 1. The van der Waals surface area contributed by atoms with Crippen LogP contribution in [0.2, 0.25) is 0 Å². The summed E-state index contributed by atoms with van der Waals surface area (Å²) < 4.78 is 5.17. The van der Waals surface area contributed by atoms with Gasteiger partial charge in [0.25, 0.3) is 0 Å². The quantitative estimate of drug-likeness (QED) is 0.929. The molecule has 1 aromatic heterocycles. The fourth-order valence-corrected chi connectivity index (χ4v) is 3.47. The second-order valence-corrected chi connectivity index (χ2v) is 6.76. The zero-order valence-corrected chi connectivity index (χ0v) is 12.8. The lowest BCUT2D eigenvalue weighted by atomic mass is 9.69. The van der Waals surface area contributed by atoms with Gasteiger partial charge in [0.05, 0.1) is 6.54 Å². The summed E-state index contributed by atoms with van der Waals surface area (Å²) in [5.41, 5.74) is 8.40. The molecule has 1 aliphatic rings. The standard InChI is InChI=1S/C17H23N3O/c1-17(2)9-5-6-12(10-17)13-7-3-4-8-14(13)16-19-15(11-18)21-20-16/h3-4,7-8,12H,5-6,9-11,18H2,1-2H3. The van der Waals surface area contributed by atoms with Gasteiger partial charge in [-0.2, -0.15) is 4.98 Å². The van der Waals surface area contributed by atoms with Gasteiger partial charge in [-0.3, -0.25) is 0 Å². The summed E-state index contributed by atoms with van der Waals surface area (Å²) in [6, 6.07) is 8.43. The molecule has 112 valence electrons. The Kier molecular flexibility index (Phi) is 3.81. The summed E-state index contributed by atoms with van der Waals surface area (Å²) in [6.45, 7) is 5.01. The molecule has 0 saturated heterocycles. The third-order valence-electron chi connectivity index (χ3n) is 4.49. The van der Waals surface area contributed by atoms with E-state index >= 15 is 0 Å². The first-order valence-corrected chi connectivity index (χ1v) is 7.71. The van der Waals surface area contributed by atoms with Gasteiger partial charge in [0.15, 0.2) is 0 Å². The molecular formula is C17H23N3O. The van der Waals surface area contributed by atoms with Crippen molar-refractivity contribution in [2.75, 3.05) is 0 Å². The Morgan fingerprint density at radius 2 is 2.14 bits per heavy atom.